The maximum atomic E-state index is 12.5. The highest BCUT2D eigenvalue weighted by atomic mass is 32.2. The van der Waals surface area contributed by atoms with Gasteiger partial charge >= 0.3 is 0 Å². The van der Waals surface area contributed by atoms with E-state index >= 15 is 0 Å². The number of sulfonamides is 1. The predicted molar refractivity (Wildman–Crippen MR) is 195 cm³/mol. The molecule has 1 aromatic heterocycles. The molecule has 11 heteroatoms. The number of pyridine rings is 1. The SMILES string of the molecule is CC[Si](CC)(CC)OC(CNC(Cc1ccccc1)c1c(OC)ccnc1OC)c1ccc(OCc2ccccc2)c(NS(C)(=O)=O)c1. The van der Waals surface area contributed by atoms with Crippen molar-refractivity contribution in [1.82, 2.24) is 10.3 Å². The Morgan fingerprint density at radius 3 is 2.04 bits per heavy atom. The topological polar surface area (TPSA) is 108 Å². The van der Waals surface area contributed by atoms with Gasteiger partial charge in [-0.2, -0.15) is 0 Å². The second-order valence-corrected chi connectivity index (χ2v) is 18.3. The van der Waals surface area contributed by atoms with Crippen LogP contribution in [0.3, 0.4) is 0 Å². The standard InChI is InChI=1S/C37H49N3O6SSi/c1-7-48(8-2,9-3)46-35(30-20-21-33(31(25-30)40-47(6,41)42)45-27-29-18-14-11-15-19-29)26-39-32(24-28-16-12-10-13-17-28)36-34(43-4)22-23-38-37(36)44-5/h10-23,25,32,35,39-40H,7-9,24,26-27H2,1-6H3. The van der Waals surface area contributed by atoms with Crippen LogP contribution in [0.4, 0.5) is 5.69 Å². The van der Waals surface area contributed by atoms with E-state index in [2.05, 4.69) is 47.9 Å². The van der Waals surface area contributed by atoms with Crippen LogP contribution in [0, 0.1) is 0 Å². The lowest BCUT2D eigenvalue weighted by molar-refractivity contribution is 0.180. The Morgan fingerprint density at radius 1 is 0.812 bits per heavy atom. The van der Waals surface area contributed by atoms with Gasteiger partial charge in [0.25, 0.3) is 0 Å². The first-order valence-electron chi connectivity index (χ1n) is 16.4. The van der Waals surface area contributed by atoms with Crippen molar-refractivity contribution in [3.05, 3.63) is 113 Å². The van der Waals surface area contributed by atoms with Crippen molar-refractivity contribution >= 4 is 24.0 Å². The lowest BCUT2D eigenvalue weighted by atomic mass is 9.98. The minimum Gasteiger partial charge on any atom is -0.496 e. The van der Waals surface area contributed by atoms with E-state index in [0.29, 0.717) is 42.6 Å². The molecule has 0 saturated heterocycles. The molecule has 0 aliphatic carbocycles. The highest BCUT2D eigenvalue weighted by Gasteiger charge is 2.34. The summed E-state index contributed by atoms with van der Waals surface area (Å²) in [5.41, 5.74) is 4.15. The summed E-state index contributed by atoms with van der Waals surface area (Å²) in [5, 5.41) is 3.78. The maximum absolute atomic E-state index is 12.5. The zero-order valence-electron chi connectivity index (χ0n) is 28.9. The van der Waals surface area contributed by atoms with Crippen LogP contribution in [0.2, 0.25) is 18.1 Å². The van der Waals surface area contributed by atoms with Gasteiger partial charge in [-0.3, -0.25) is 4.72 Å². The largest absolute Gasteiger partial charge is 0.496 e. The number of nitrogens with zero attached hydrogens (tertiary/aromatic N) is 1. The van der Waals surface area contributed by atoms with Gasteiger partial charge in [-0.15, -0.1) is 0 Å². The summed E-state index contributed by atoms with van der Waals surface area (Å²) in [6, 6.07) is 30.1. The summed E-state index contributed by atoms with van der Waals surface area (Å²) in [4.78, 5) is 4.50. The molecule has 1 heterocycles. The smallest absolute Gasteiger partial charge is 0.229 e. The van der Waals surface area contributed by atoms with Crippen molar-refractivity contribution in [1.29, 1.82) is 0 Å². The third kappa shape index (κ3) is 10.1. The number of rotatable bonds is 19. The minimum absolute atomic E-state index is 0.236. The molecule has 0 radical (unpaired) electrons. The second-order valence-electron chi connectivity index (χ2n) is 11.8. The van der Waals surface area contributed by atoms with E-state index in [-0.39, 0.29) is 12.1 Å². The lowest BCUT2D eigenvalue weighted by Gasteiger charge is -2.35. The number of hydrogen-bond donors (Lipinski definition) is 2. The molecule has 258 valence electrons. The van der Waals surface area contributed by atoms with E-state index in [1.807, 2.05) is 72.8 Å². The molecule has 2 atom stereocenters. The molecular weight excluding hydrogens is 643 g/mol. The Kier molecular flexibility index (Phi) is 13.4. The summed E-state index contributed by atoms with van der Waals surface area (Å²) >= 11 is 0. The van der Waals surface area contributed by atoms with Crippen molar-refractivity contribution in [3.63, 3.8) is 0 Å². The molecule has 0 bridgehead atoms. The minimum atomic E-state index is -3.60. The zero-order chi connectivity index (χ0) is 34.6. The molecular formula is C37H49N3O6SSi. The van der Waals surface area contributed by atoms with Crippen molar-refractivity contribution in [2.75, 3.05) is 31.7 Å². The molecule has 9 nitrogen and oxygen atoms in total. The van der Waals surface area contributed by atoms with Gasteiger partial charge in [-0.05, 0) is 59.4 Å². The normalized spacial score (nSPS) is 13.0. The van der Waals surface area contributed by atoms with Gasteiger partial charge in [-0.1, -0.05) is 87.5 Å². The van der Waals surface area contributed by atoms with Gasteiger partial charge in [0.05, 0.1) is 37.8 Å². The summed E-state index contributed by atoms with van der Waals surface area (Å²) in [5.74, 6) is 1.60. The third-order valence-corrected chi connectivity index (χ3v) is 14.0. The van der Waals surface area contributed by atoms with E-state index in [1.165, 1.54) is 0 Å². The van der Waals surface area contributed by atoms with Gasteiger partial charge in [0, 0.05) is 18.8 Å². The number of anilines is 1. The van der Waals surface area contributed by atoms with Gasteiger partial charge in [-0.25, -0.2) is 13.4 Å². The number of ether oxygens (including phenoxy) is 3. The van der Waals surface area contributed by atoms with Crippen molar-refractivity contribution in [2.45, 2.75) is 64.1 Å². The van der Waals surface area contributed by atoms with E-state index in [4.69, 9.17) is 18.6 Å². The summed E-state index contributed by atoms with van der Waals surface area (Å²) in [7, 11) is -2.48. The third-order valence-electron chi connectivity index (χ3n) is 8.74. The Labute approximate surface area is 287 Å². The van der Waals surface area contributed by atoms with E-state index < -0.39 is 18.3 Å². The molecule has 2 N–H and O–H groups in total. The van der Waals surface area contributed by atoms with Crippen LogP contribution >= 0.6 is 0 Å². The van der Waals surface area contributed by atoms with Crippen LogP contribution in [-0.2, 0) is 27.5 Å². The number of methoxy groups -OCH3 is 2. The molecule has 0 aliphatic heterocycles. The molecule has 0 spiro atoms. The van der Waals surface area contributed by atoms with Crippen LogP contribution in [0.25, 0.3) is 0 Å². The monoisotopic (exact) mass is 691 g/mol. The molecule has 0 fully saturated rings. The quantitative estimate of drug-likeness (QED) is 0.0965. The predicted octanol–water partition coefficient (Wildman–Crippen LogP) is 7.69. The molecule has 3 aromatic carbocycles. The van der Waals surface area contributed by atoms with Crippen LogP contribution < -0.4 is 24.2 Å². The highest BCUT2D eigenvalue weighted by molar-refractivity contribution is 7.92. The van der Waals surface area contributed by atoms with Gasteiger partial charge in [0.15, 0.2) is 8.32 Å². The Hall–Kier alpha value is -3.90. The van der Waals surface area contributed by atoms with Crippen LogP contribution in [0.5, 0.6) is 17.4 Å². The Morgan fingerprint density at radius 2 is 1.46 bits per heavy atom. The van der Waals surface area contributed by atoms with Crippen LogP contribution in [-0.4, -0.2) is 48.7 Å². The maximum Gasteiger partial charge on any atom is 0.229 e. The van der Waals surface area contributed by atoms with Crippen molar-refractivity contribution < 1.29 is 27.1 Å². The number of benzene rings is 3. The average molecular weight is 692 g/mol. The highest BCUT2D eigenvalue weighted by Crippen LogP contribution is 2.37. The summed E-state index contributed by atoms with van der Waals surface area (Å²) < 4.78 is 52.5. The first-order valence-corrected chi connectivity index (χ1v) is 20.9. The molecule has 2 unspecified atom stereocenters. The molecule has 4 aromatic rings. The van der Waals surface area contributed by atoms with Crippen molar-refractivity contribution in [3.8, 4) is 17.4 Å². The summed E-state index contributed by atoms with van der Waals surface area (Å²) in [6.45, 7) is 7.34. The van der Waals surface area contributed by atoms with Crippen LogP contribution in [0.15, 0.2) is 91.1 Å². The van der Waals surface area contributed by atoms with Gasteiger partial charge in [0.1, 0.15) is 18.1 Å². The first kappa shape index (κ1) is 36.9. The Bertz CT molecular complexity index is 1660. The Balaban J connectivity index is 1.75. The average Bonchev–Trinajstić information content (AvgIpc) is 3.10. The fourth-order valence-corrected chi connectivity index (χ4v) is 9.27. The lowest BCUT2D eigenvalue weighted by Crippen LogP contribution is -2.40. The van der Waals surface area contributed by atoms with Crippen molar-refractivity contribution in [2.24, 2.45) is 0 Å². The summed E-state index contributed by atoms with van der Waals surface area (Å²) in [6.07, 6.45) is 3.08. The number of nitrogens with one attached hydrogen (secondary N) is 2. The van der Waals surface area contributed by atoms with Crippen LogP contribution in [0.1, 0.15) is 55.2 Å². The zero-order valence-corrected chi connectivity index (χ0v) is 30.7. The fourth-order valence-electron chi connectivity index (χ4n) is 5.89. The van der Waals surface area contributed by atoms with Gasteiger partial charge in [0.2, 0.25) is 15.9 Å². The molecule has 0 amide bonds. The van der Waals surface area contributed by atoms with Gasteiger partial charge < -0.3 is 24.0 Å². The van der Waals surface area contributed by atoms with E-state index in [1.54, 1.807) is 20.4 Å². The molecule has 4 rings (SSSR count). The first-order chi connectivity index (χ1) is 23.1. The fraction of sp³-hybridized carbons (Fsp3) is 0.378. The second kappa shape index (κ2) is 17.5. The van der Waals surface area contributed by atoms with E-state index in [0.717, 1.165) is 46.6 Å². The number of aromatic nitrogens is 1. The number of hydrogen-bond acceptors (Lipinski definition) is 8. The molecule has 0 saturated carbocycles. The molecule has 48 heavy (non-hydrogen) atoms. The van der Waals surface area contributed by atoms with E-state index in [9.17, 15) is 8.42 Å². The molecule has 0 aliphatic rings.